The number of carbonyl (C=O) groups excluding carboxylic acids is 1. The van der Waals surface area contributed by atoms with Gasteiger partial charge >= 0.3 is 0 Å². The van der Waals surface area contributed by atoms with Crippen molar-refractivity contribution in [2.45, 2.75) is 50.7 Å². The number of piperidine rings is 1. The molecule has 3 aliphatic rings. The Bertz CT molecular complexity index is 406. The fourth-order valence-electron chi connectivity index (χ4n) is 3.59. The average Bonchev–Trinajstić information content (AvgIpc) is 2.99. The van der Waals surface area contributed by atoms with Crippen LogP contribution in [0.15, 0.2) is 11.6 Å². The highest BCUT2D eigenvalue weighted by atomic mass is 16.7. The van der Waals surface area contributed by atoms with Gasteiger partial charge in [-0.2, -0.15) is 0 Å². The van der Waals surface area contributed by atoms with E-state index in [4.69, 9.17) is 9.47 Å². The molecule has 1 N–H and O–H groups in total. The van der Waals surface area contributed by atoms with Gasteiger partial charge in [0.25, 0.3) is 0 Å². The fraction of sp³-hybridized carbons (Fsp3) is 0.824. The monoisotopic (exact) mass is 308 g/mol. The van der Waals surface area contributed by atoms with Gasteiger partial charge < -0.3 is 14.8 Å². The highest BCUT2D eigenvalue weighted by Crippen LogP contribution is 2.30. The minimum Gasteiger partial charge on any atom is -0.355 e. The van der Waals surface area contributed by atoms with Crippen molar-refractivity contribution >= 4 is 5.91 Å². The lowest BCUT2D eigenvalue weighted by molar-refractivity contribution is -0.185. The molecule has 0 unspecified atom stereocenters. The lowest BCUT2D eigenvalue weighted by Gasteiger charge is -2.37. The number of carbonyl (C=O) groups is 1. The number of likely N-dealkylation sites (tertiary alicyclic amines) is 1. The summed E-state index contributed by atoms with van der Waals surface area (Å²) in [5, 5.41) is 3.05. The third kappa shape index (κ3) is 4.31. The smallest absolute Gasteiger partial charge is 0.234 e. The molecule has 1 aliphatic carbocycles. The Balaban J connectivity index is 1.31. The first-order valence-electron chi connectivity index (χ1n) is 8.71. The SMILES string of the molecule is O=C(CN1CCC2(CC1)OCCO2)NCCC1=CCCCC1. The molecule has 0 radical (unpaired) electrons. The number of nitrogens with zero attached hydrogens (tertiary/aromatic N) is 1. The van der Waals surface area contributed by atoms with Crippen molar-refractivity contribution < 1.29 is 14.3 Å². The predicted octanol–water partition coefficient (Wildman–Crippen LogP) is 1.83. The maximum atomic E-state index is 12.0. The Morgan fingerprint density at radius 1 is 1.23 bits per heavy atom. The van der Waals surface area contributed by atoms with Gasteiger partial charge in [-0.15, -0.1) is 0 Å². The van der Waals surface area contributed by atoms with Crippen LogP contribution in [-0.4, -0.2) is 56.0 Å². The number of nitrogens with one attached hydrogen (secondary N) is 1. The summed E-state index contributed by atoms with van der Waals surface area (Å²) in [7, 11) is 0. The van der Waals surface area contributed by atoms with Crippen molar-refractivity contribution in [3.05, 3.63) is 11.6 Å². The quantitative estimate of drug-likeness (QED) is 0.787. The van der Waals surface area contributed by atoms with Crippen LogP contribution < -0.4 is 5.32 Å². The second-order valence-electron chi connectivity index (χ2n) is 6.59. The lowest BCUT2D eigenvalue weighted by atomic mass is 9.97. The predicted molar refractivity (Wildman–Crippen MR) is 84.5 cm³/mol. The molecule has 1 spiro atoms. The molecule has 0 aromatic rings. The maximum Gasteiger partial charge on any atom is 0.234 e. The minimum atomic E-state index is -0.347. The van der Waals surface area contributed by atoms with Gasteiger partial charge in [-0.1, -0.05) is 11.6 Å². The summed E-state index contributed by atoms with van der Waals surface area (Å²) >= 11 is 0. The molecule has 2 saturated heterocycles. The summed E-state index contributed by atoms with van der Waals surface area (Å²) in [6.07, 6.45) is 10.1. The summed E-state index contributed by atoms with van der Waals surface area (Å²) in [5.41, 5.74) is 1.52. The molecule has 22 heavy (non-hydrogen) atoms. The fourth-order valence-corrected chi connectivity index (χ4v) is 3.59. The normalized spacial score (nSPS) is 25.2. The van der Waals surface area contributed by atoms with E-state index in [-0.39, 0.29) is 11.7 Å². The van der Waals surface area contributed by atoms with Gasteiger partial charge in [0, 0.05) is 32.5 Å². The van der Waals surface area contributed by atoms with E-state index in [2.05, 4.69) is 16.3 Å². The van der Waals surface area contributed by atoms with Gasteiger partial charge in [0.2, 0.25) is 5.91 Å². The van der Waals surface area contributed by atoms with Crippen molar-refractivity contribution in [1.29, 1.82) is 0 Å². The highest BCUT2D eigenvalue weighted by Gasteiger charge is 2.39. The molecule has 2 heterocycles. The first-order valence-corrected chi connectivity index (χ1v) is 8.71. The summed E-state index contributed by atoms with van der Waals surface area (Å²) in [4.78, 5) is 14.2. The molecule has 3 rings (SSSR count). The molecule has 5 heteroatoms. The van der Waals surface area contributed by atoms with E-state index in [1.807, 2.05) is 0 Å². The number of allylic oxidation sites excluding steroid dienone is 1. The second kappa shape index (κ2) is 7.57. The van der Waals surface area contributed by atoms with Gasteiger partial charge in [-0.3, -0.25) is 9.69 Å². The van der Waals surface area contributed by atoms with E-state index in [0.29, 0.717) is 19.8 Å². The minimum absolute atomic E-state index is 0.139. The van der Waals surface area contributed by atoms with Crippen molar-refractivity contribution in [2.75, 3.05) is 39.4 Å². The molecule has 0 atom stereocenters. The van der Waals surface area contributed by atoms with Crippen molar-refractivity contribution in [3.8, 4) is 0 Å². The molecule has 0 bridgehead atoms. The van der Waals surface area contributed by atoms with E-state index in [9.17, 15) is 4.79 Å². The van der Waals surface area contributed by atoms with Crippen LogP contribution in [0.5, 0.6) is 0 Å². The van der Waals surface area contributed by atoms with Gasteiger partial charge in [0.05, 0.1) is 19.8 Å². The second-order valence-corrected chi connectivity index (χ2v) is 6.59. The van der Waals surface area contributed by atoms with Gasteiger partial charge in [-0.05, 0) is 32.1 Å². The first-order chi connectivity index (χ1) is 10.8. The molecule has 1 amide bonds. The molecule has 5 nitrogen and oxygen atoms in total. The first kappa shape index (κ1) is 16.0. The third-order valence-electron chi connectivity index (χ3n) is 4.95. The van der Waals surface area contributed by atoms with E-state index < -0.39 is 0 Å². The van der Waals surface area contributed by atoms with Crippen molar-refractivity contribution in [3.63, 3.8) is 0 Å². The molecule has 0 aromatic carbocycles. The number of rotatable bonds is 5. The summed E-state index contributed by atoms with van der Waals surface area (Å²) in [5.74, 6) is -0.207. The van der Waals surface area contributed by atoms with Gasteiger partial charge in [-0.25, -0.2) is 0 Å². The van der Waals surface area contributed by atoms with Crippen LogP contribution in [-0.2, 0) is 14.3 Å². The molecular weight excluding hydrogens is 280 g/mol. The Hall–Kier alpha value is -0.910. The summed E-state index contributed by atoms with van der Waals surface area (Å²) in [6, 6.07) is 0. The van der Waals surface area contributed by atoms with Crippen LogP contribution in [0, 0.1) is 0 Å². The van der Waals surface area contributed by atoms with Crippen molar-refractivity contribution in [2.24, 2.45) is 0 Å². The van der Waals surface area contributed by atoms with E-state index in [1.165, 1.54) is 31.3 Å². The number of ether oxygens (including phenoxy) is 2. The topological polar surface area (TPSA) is 50.8 Å². The van der Waals surface area contributed by atoms with E-state index >= 15 is 0 Å². The van der Waals surface area contributed by atoms with Crippen LogP contribution in [0.1, 0.15) is 44.9 Å². The maximum absolute atomic E-state index is 12.0. The molecule has 2 fully saturated rings. The largest absolute Gasteiger partial charge is 0.355 e. The van der Waals surface area contributed by atoms with Crippen molar-refractivity contribution in [1.82, 2.24) is 10.2 Å². The molecule has 124 valence electrons. The van der Waals surface area contributed by atoms with Gasteiger partial charge in [0.1, 0.15) is 0 Å². The Morgan fingerprint density at radius 2 is 2.00 bits per heavy atom. The molecule has 0 aromatic heterocycles. The number of amides is 1. The summed E-state index contributed by atoms with van der Waals surface area (Å²) in [6.45, 7) is 4.42. The van der Waals surface area contributed by atoms with Crippen LogP contribution in [0.3, 0.4) is 0 Å². The molecule has 0 saturated carbocycles. The Labute approximate surface area is 133 Å². The number of hydrogen-bond acceptors (Lipinski definition) is 4. The standard InChI is InChI=1S/C17H28N2O3/c20-16(18-9-6-15-4-2-1-3-5-15)14-19-10-7-17(8-11-19)21-12-13-22-17/h4H,1-3,5-14H2,(H,18,20). The lowest BCUT2D eigenvalue weighted by Crippen LogP contribution is -2.48. The van der Waals surface area contributed by atoms with E-state index in [1.54, 1.807) is 0 Å². The van der Waals surface area contributed by atoms with Crippen LogP contribution in [0.4, 0.5) is 0 Å². The zero-order chi connectivity index (χ0) is 15.3. The third-order valence-corrected chi connectivity index (χ3v) is 4.95. The van der Waals surface area contributed by atoms with Crippen LogP contribution in [0.2, 0.25) is 0 Å². The van der Waals surface area contributed by atoms with Crippen LogP contribution in [0.25, 0.3) is 0 Å². The van der Waals surface area contributed by atoms with E-state index in [0.717, 1.165) is 38.9 Å². The molecule has 2 aliphatic heterocycles. The average molecular weight is 308 g/mol. The summed E-state index contributed by atoms with van der Waals surface area (Å²) < 4.78 is 11.4. The Morgan fingerprint density at radius 3 is 2.68 bits per heavy atom. The zero-order valence-corrected chi connectivity index (χ0v) is 13.4. The Kier molecular flexibility index (Phi) is 5.50. The van der Waals surface area contributed by atoms with Crippen LogP contribution >= 0.6 is 0 Å². The zero-order valence-electron chi connectivity index (χ0n) is 13.4. The van der Waals surface area contributed by atoms with Gasteiger partial charge in [0.15, 0.2) is 5.79 Å². The number of hydrogen-bond donors (Lipinski definition) is 1. The highest BCUT2D eigenvalue weighted by molar-refractivity contribution is 5.78. The molecular formula is C17H28N2O3.